The quantitative estimate of drug-likeness (QED) is 0.692. The molecule has 1 aromatic rings. The number of nitrogens with one attached hydrogen (secondary N) is 1. The van der Waals surface area contributed by atoms with E-state index in [9.17, 15) is 0 Å². The van der Waals surface area contributed by atoms with Gasteiger partial charge in [-0.2, -0.15) is 0 Å². The Morgan fingerprint density at radius 2 is 1.74 bits per heavy atom. The van der Waals surface area contributed by atoms with Crippen molar-refractivity contribution in [3.63, 3.8) is 0 Å². The average molecular weight is 265 g/mol. The van der Waals surface area contributed by atoms with Gasteiger partial charge >= 0.3 is 0 Å². The van der Waals surface area contributed by atoms with Gasteiger partial charge in [-0.1, -0.05) is 26.0 Å². The van der Waals surface area contributed by atoms with Gasteiger partial charge in [-0.15, -0.1) is 0 Å². The maximum atomic E-state index is 6.09. The van der Waals surface area contributed by atoms with Crippen LogP contribution in [0.15, 0.2) is 24.3 Å². The highest BCUT2D eigenvalue weighted by Crippen LogP contribution is 2.29. The molecule has 0 bridgehead atoms. The Labute approximate surface area is 117 Å². The van der Waals surface area contributed by atoms with Gasteiger partial charge in [-0.05, 0) is 45.4 Å². The fraction of sp³-hybridized carbons (Fsp3) is 0.625. The molecule has 0 aliphatic carbocycles. The maximum Gasteiger partial charge on any atom is 0.162 e. The first kappa shape index (κ1) is 15.8. The van der Waals surface area contributed by atoms with Gasteiger partial charge in [-0.25, -0.2) is 0 Å². The molecule has 0 radical (unpaired) electrons. The van der Waals surface area contributed by atoms with Gasteiger partial charge < -0.3 is 14.8 Å². The van der Waals surface area contributed by atoms with E-state index in [1.54, 1.807) is 0 Å². The molecular formula is C16H27NO2. The molecule has 0 amide bonds. The summed E-state index contributed by atoms with van der Waals surface area (Å²) < 4.78 is 11.8. The number of hydrogen-bond acceptors (Lipinski definition) is 3. The van der Waals surface area contributed by atoms with Crippen LogP contribution >= 0.6 is 0 Å². The van der Waals surface area contributed by atoms with Crippen LogP contribution in [0.1, 0.15) is 40.5 Å². The topological polar surface area (TPSA) is 30.5 Å². The standard InChI is InChI=1S/C16H27NO2/c1-5-11-17-13-16(3,4)19-15-10-8-7-9-14(15)18-12-6-2/h7-10,17H,5-6,11-13H2,1-4H3. The third-order valence-electron chi connectivity index (χ3n) is 2.67. The first-order valence-corrected chi connectivity index (χ1v) is 7.20. The second-order valence-corrected chi connectivity index (χ2v) is 5.33. The fourth-order valence-electron chi connectivity index (χ4n) is 1.77. The molecule has 3 nitrogen and oxygen atoms in total. The van der Waals surface area contributed by atoms with Crippen LogP contribution in [-0.4, -0.2) is 25.3 Å². The molecular weight excluding hydrogens is 238 g/mol. The van der Waals surface area contributed by atoms with Crippen molar-refractivity contribution in [1.29, 1.82) is 0 Å². The number of benzene rings is 1. The SMILES string of the molecule is CCCNCC(C)(C)Oc1ccccc1OCCC. The van der Waals surface area contributed by atoms with E-state index in [4.69, 9.17) is 9.47 Å². The second kappa shape index (κ2) is 8.05. The van der Waals surface area contributed by atoms with Crippen molar-refractivity contribution in [2.75, 3.05) is 19.7 Å². The molecule has 0 saturated heterocycles. The monoisotopic (exact) mass is 265 g/mol. The zero-order chi connectivity index (χ0) is 14.1. The minimum absolute atomic E-state index is 0.249. The van der Waals surface area contributed by atoms with Gasteiger partial charge in [0.1, 0.15) is 5.60 Å². The maximum absolute atomic E-state index is 6.09. The van der Waals surface area contributed by atoms with Crippen molar-refractivity contribution < 1.29 is 9.47 Å². The molecule has 0 aliphatic rings. The highest BCUT2D eigenvalue weighted by molar-refractivity contribution is 5.39. The van der Waals surface area contributed by atoms with Gasteiger partial charge in [-0.3, -0.25) is 0 Å². The van der Waals surface area contributed by atoms with Crippen molar-refractivity contribution in [3.8, 4) is 11.5 Å². The summed E-state index contributed by atoms with van der Waals surface area (Å²) >= 11 is 0. The van der Waals surface area contributed by atoms with Gasteiger partial charge in [0.15, 0.2) is 11.5 Å². The van der Waals surface area contributed by atoms with E-state index in [0.717, 1.165) is 44.0 Å². The molecule has 3 heteroatoms. The first-order chi connectivity index (χ1) is 9.09. The van der Waals surface area contributed by atoms with Crippen LogP contribution in [0.4, 0.5) is 0 Å². The van der Waals surface area contributed by atoms with E-state index in [-0.39, 0.29) is 5.60 Å². The lowest BCUT2D eigenvalue weighted by atomic mass is 10.1. The van der Waals surface area contributed by atoms with Crippen LogP contribution in [0.3, 0.4) is 0 Å². The van der Waals surface area contributed by atoms with Crippen molar-refractivity contribution >= 4 is 0 Å². The first-order valence-electron chi connectivity index (χ1n) is 7.20. The summed E-state index contributed by atoms with van der Waals surface area (Å²) in [5.74, 6) is 1.65. The minimum Gasteiger partial charge on any atom is -0.490 e. The highest BCUT2D eigenvalue weighted by Gasteiger charge is 2.21. The summed E-state index contributed by atoms with van der Waals surface area (Å²) in [6.07, 6.45) is 2.13. The lowest BCUT2D eigenvalue weighted by molar-refractivity contribution is 0.102. The highest BCUT2D eigenvalue weighted by atomic mass is 16.5. The molecule has 0 saturated carbocycles. The lowest BCUT2D eigenvalue weighted by Crippen LogP contribution is -2.40. The Morgan fingerprint density at radius 3 is 2.37 bits per heavy atom. The van der Waals surface area contributed by atoms with E-state index >= 15 is 0 Å². The normalized spacial score (nSPS) is 11.4. The summed E-state index contributed by atoms with van der Waals surface area (Å²) in [5.41, 5.74) is -0.249. The molecule has 1 rings (SSSR count). The molecule has 108 valence electrons. The van der Waals surface area contributed by atoms with Gasteiger partial charge in [0.2, 0.25) is 0 Å². The smallest absolute Gasteiger partial charge is 0.162 e. The molecule has 0 spiro atoms. The summed E-state index contributed by atoms with van der Waals surface area (Å²) in [6, 6.07) is 7.87. The number of ether oxygens (including phenoxy) is 2. The van der Waals surface area contributed by atoms with Gasteiger partial charge in [0.25, 0.3) is 0 Å². The van der Waals surface area contributed by atoms with E-state index < -0.39 is 0 Å². The van der Waals surface area contributed by atoms with Gasteiger partial charge in [0.05, 0.1) is 6.61 Å². The van der Waals surface area contributed by atoms with Crippen molar-refractivity contribution in [2.24, 2.45) is 0 Å². The molecule has 0 aliphatic heterocycles. The third kappa shape index (κ3) is 5.97. The van der Waals surface area contributed by atoms with Crippen LogP contribution in [0.5, 0.6) is 11.5 Å². The van der Waals surface area contributed by atoms with Crippen LogP contribution in [0.25, 0.3) is 0 Å². The van der Waals surface area contributed by atoms with Crippen molar-refractivity contribution in [2.45, 2.75) is 46.1 Å². The van der Waals surface area contributed by atoms with Crippen LogP contribution in [-0.2, 0) is 0 Å². The number of rotatable bonds is 9. The Kier molecular flexibility index (Phi) is 6.71. The molecule has 0 fully saturated rings. The Bertz CT molecular complexity index is 364. The summed E-state index contributed by atoms with van der Waals surface area (Å²) in [7, 11) is 0. The molecule has 0 heterocycles. The molecule has 0 unspecified atom stereocenters. The number of hydrogen-bond donors (Lipinski definition) is 1. The molecule has 0 atom stereocenters. The average Bonchev–Trinajstić information content (AvgIpc) is 2.37. The molecule has 19 heavy (non-hydrogen) atoms. The second-order valence-electron chi connectivity index (χ2n) is 5.33. The summed E-state index contributed by atoms with van der Waals surface area (Å²) in [6.45, 7) is 11.0. The van der Waals surface area contributed by atoms with E-state index in [1.165, 1.54) is 0 Å². The van der Waals surface area contributed by atoms with Crippen LogP contribution in [0.2, 0.25) is 0 Å². The van der Waals surface area contributed by atoms with Crippen molar-refractivity contribution in [1.82, 2.24) is 5.32 Å². The van der Waals surface area contributed by atoms with Crippen LogP contribution in [0, 0.1) is 0 Å². The Balaban J connectivity index is 2.63. The summed E-state index contributed by atoms with van der Waals surface area (Å²) in [4.78, 5) is 0. The largest absolute Gasteiger partial charge is 0.490 e. The minimum atomic E-state index is -0.249. The predicted octanol–water partition coefficient (Wildman–Crippen LogP) is 3.63. The molecule has 1 N–H and O–H groups in total. The van der Waals surface area contributed by atoms with Gasteiger partial charge in [0, 0.05) is 6.54 Å². The zero-order valence-corrected chi connectivity index (χ0v) is 12.7. The molecule has 1 aromatic carbocycles. The Morgan fingerprint density at radius 1 is 1.05 bits per heavy atom. The molecule has 0 aromatic heterocycles. The van der Waals surface area contributed by atoms with Crippen LogP contribution < -0.4 is 14.8 Å². The fourth-order valence-corrected chi connectivity index (χ4v) is 1.77. The van der Waals surface area contributed by atoms with Crippen molar-refractivity contribution in [3.05, 3.63) is 24.3 Å². The Hall–Kier alpha value is -1.22. The summed E-state index contributed by atoms with van der Waals surface area (Å²) in [5, 5.41) is 3.39. The predicted molar refractivity (Wildman–Crippen MR) is 80.1 cm³/mol. The van der Waals surface area contributed by atoms with E-state index in [0.29, 0.717) is 0 Å². The third-order valence-corrected chi connectivity index (χ3v) is 2.67. The van der Waals surface area contributed by atoms with E-state index in [2.05, 4.69) is 33.0 Å². The lowest BCUT2D eigenvalue weighted by Gasteiger charge is -2.28. The number of para-hydroxylation sites is 2. The zero-order valence-electron chi connectivity index (χ0n) is 12.7. The van der Waals surface area contributed by atoms with E-state index in [1.807, 2.05) is 24.3 Å².